The summed E-state index contributed by atoms with van der Waals surface area (Å²) in [5, 5.41) is 1.52. The predicted molar refractivity (Wildman–Crippen MR) is 84.8 cm³/mol. The van der Waals surface area contributed by atoms with Crippen LogP contribution in [0.15, 0.2) is 40.5 Å². The number of H-pyrrole nitrogens is 1. The van der Waals surface area contributed by atoms with Crippen molar-refractivity contribution in [2.75, 3.05) is 0 Å². The molecule has 0 unspecified atom stereocenters. The molecule has 0 radical (unpaired) electrons. The molecular formula is C14H13ClN4OS. The Hall–Kier alpha value is -1.79. The van der Waals surface area contributed by atoms with E-state index in [-0.39, 0.29) is 5.56 Å². The summed E-state index contributed by atoms with van der Waals surface area (Å²) < 4.78 is 1.95. The Morgan fingerprint density at radius 1 is 1.33 bits per heavy atom. The summed E-state index contributed by atoms with van der Waals surface area (Å²) in [5.74, 6) is 0.762. The molecule has 0 atom stereocenters. The Morgan fingerprint density at radius 3 is 2.81 bits per heavy atom. The van der Waals surface area contributed by atoms with Crippen LogP contribution in [0, 0.1) is 0 Å². The van der Waals surface area contributed by atoms with Gasteiger partial charge in [0.05, 0.1) is 6.33 Å². The maximum absolute atomic E-state index is 11.8. The van der Waals surface area contributed by atoms with Gasteiger partial charge in [-0.3, -0.25) is 4.79 Å². The number of imidazole rings is 1. The molecule has 0 spiro atoms. The summed E-state index contributed by atoms with van der Waals surface area (Å²) >= 11 is 7.46. The Bertz CT molecular complexity index is 825. The van der Waals surface area contributed by atoms with Crippen LogP contribution in [0.1, 0.15) is 12.5 Å². The molecule has 108 valence electrons. The number of fused-ring (bicyclic) bond motifs is 1. The van der Waals surface area contributed by atoms with E-state index in [0.29, 0.717) is 11.2 Å². The number of hydrogen-bond acceptors (Lipinski definition) is 4. The van der Waals surface area contributed by atoms with E-state index < -0.39 is 0 Å². The third kappa shape index (κ3) is 2.82. The van der Waals surface area contributed by atoms with Crippen molar-refractivity contribution >= 4 is 34.5 Å². The molecule has 0 aliphatic heterocycles. The van der Waals surface area contributed by atoms with E-state index in [1.54, 1.807) is 11.8 Å². The van der Waals surface area contributed by atoms with Crippen molar-refractivity contribution in [3.05, 3.63) is 51.5 Å². The summed E-state index contributed by atoms with van der Waals surface area (Å²) in [4.78, 5) is 23.0. The first kappa shape index (κ1) is 14.2. The molecule has 0 amide bonds. The van der Waals surface area contributed by atoms with Crippen molar-refractivity contribution in [2.45, 2.75) is 24.4 Å². The van der Waals surface area contributed by atoms with E-state index in [4.69, 9.17) is 11.6 Å². The third-order valence-electron chi connectivity index (χ3n) is 3.10. The number of nitrogens with zero attached hydrogens (tertiary/aromatic N) is 3. The molecule has 0 aliphatic rings. The highest BCUT2D eigenvalue weighted by Crippen LogP contribution is 2.25. The average Bonchev–Trinajstić information content (AvgIpc) is 2.86. The van der Waals surface area contributed by atoms with Gasteiger partial charge in [-0.15, -0.1) is 0 Å². The molecule has 21 heavy (non-hydrogen) atoms. The van der Waals surface area contributed by atoms with Crippen molar-refractivity contribution in [2.24, 2.45) is 0 Å². The molecule has 7 heteroatoms. The molecule has 3 rings (SSSR count). The first-order chi connectivity index (χ1) is 10.2. The number of hydrogen-bond donors (Lipinski definition) is 1. The normalized spacial score (nSPS) is 11.1. The van der Waals surface area contributed by atoms with Crippen molar-refractivity contribution in [1.82, 2.24) is 19.5 Å². The lowest BCUT2D eigenvalue weighted by molar-refractivity contribution is 0.695. The topological polar surface area (TPSA) is 63.6 Å². The van der Waals surface area contributed by atoms with E-state index >= 15 is 0 Å². The van der Waals surface area contributed by atoms with Crippen molar-refractivity contribution in [3.63, 3.8) is 0 Å². The second kappa shape index (κ2) is 5.91. The molecule has 3 aromatic rings. The predicted octanol–water partition coefficient (Wildman–Crippen LogP) is 3.09. The van der Waals surface area contributed by atoms with E-state index in [0.717, 1.165) is 28.0 Å². The lowest BCUT2D eigenvalue weighted by atomic mass is 10.2. The number of thioether (sulfide) groups is 1. The number of aromatic amines is 1. The Balaban J connectivity index is 1.91. The van der Waals surface area contributed by atoms with Gasteiger partial charge in [0.25, 0.3) is 5.56 Å². The molecule has 0 aliphatic carbocycles. The van der Waals surface area contributed by atoms with Gasteiger partial charge in [0, 0.05) is 17.3 Å². The van der Waals surface area contributed by atoms with Gasteiger partial charge in [-0.1, -0.05) is 35.5 Å². The van der Waals surface area contributed by atoms with Gasteiger partial charge < -0.3 is 9.55 Å². The van der Waals surface area contributed by atoms with Crippen LogP contribution in [-0.2, 0) is 12.3 Å². The van der Waals surface area contributed by atoms with E-state index in [2.05, 4.69) is 15.0 Å². The molecule has 2 aromatic heterocycles. The summed E-state index contributed by atoms with van der Waals surface area (Å²) in [7, 11) is 0. The fraction of sp³-hybridized carbons (Fsp3) is 0.214. The van der Waals surface area contributed by atoms with Crippen LogP contribution in [-0.4, -0.2) is 19.5 Å². The fourth-order valence-electron chi connectivity index (χ4n) is 2.05. The van der Waals surface area contributed by atoms with Crippen LogP contribution in [0.25, 0.3) is 11.2 Å². The molecular weight excluding hydrogens is 308 g/mol. The number of aryl methyl sites for hydroxylation is 1. The zero-order chi connectivity index (χ0) is 14.8. The summed E-state index contributed by atoms with van der Waals surface area (Å²) in [6.07, 6.45) is 1.41. The summed E-state index contributed by atoms with van der Waals surface area (Å²) in [6, 6.07) is 7.71. The van der Waals surface area contributed by atoms with E-state index in [1.807, 2.05) is 35.8 Å². The van der Waals surface area contributed by atoms with Crippen LogP contribution in [0.5, 0.6) is 0 Å². The highest BCUT2D eigenvalue weighted by Gasteiger charge is 2.13. The second-order valence-corrected chi connectivity index (χ2v) is 5.84. The minimum Gasteiger partial charge on any atom is -0.311 e. The Morgan fingerprint density at radius 2 is 2.10 bits per heavy atom. The SMILES string of the molecule is CCn1c(SCc2ccc(Cl)cc2)nc2c(=O)[nH]cnc21. The standard InChI is InChI=1S/C14H13ClN4OS/c1-2-19-12-11(13(20)17-8-16-12)18-14(19)21-7-9-3-5-10(15)6-4-9/h3-6,8H,2,7H2,1H3,(H,16,17,20). The molecule has 2 heterocycles. The molecule has 0 bridgehead atoms. The highest BCUT2D eigenvalue weighted by molar-refractivity contribution is 7.98. The monoisotopic (exact) mass is 320 g/mol. The zero-order valence-electron chi connectivity index (χ0n) is 11.3. The van der Waals surface area contributed by atoms with Crippen LogP contribution >= 0.6 is 23.4 Å². The quantitative estimate of drug-likeness (QED) is 0.750. The fourth-order valence-corrected chi connectivity index (χ4v) is 3.19. The molecule has 0 fully saturated rings. The average molecular weight is 321 g/mol. The van der Waals surface area contributed by atoms with Gasteiger partial charge in [0.2, 0.25) is 0 Å². The van der Waals surface area contributed by atoms with Gasteiger partial charge in [-0.25, -0.2) is 9.97 Å². The maximum atomic E-state index is 11.8. The summed E-state index contributed by atoms with van der Waals surface area (Å²) in [6.45, 7) is 2.73. The second-order valence-electron chi connectivity index (χ2n) is 4.46. The number of halogens is 1. The molecule has 0 saturated carbocycles. The number of rotatable bonds is 4. The van der Waals surface area contributed by atoms with Crippen LogP contribution in [0.4, 0.5) is 0 Å². The largest absolute Gasteiger partial charge is 0.311 e. The van der Waals surface area contributed by atoms with Gasteiger partial charge in [0.1, 0.15) is 0 Å². The Labute approximate surface area is 130 Å². The Kier molecular flexibility index (Phi) is 3.98. The molecule has 1 aromatic carbocycles. The highest BCUT2D eigenvalue weighted by atomic mass is 35.5. The van der Waals surface area contributed by atoms with Gasteiger partial charge >= 0.3 is 0 Å². The number of aromatic nitrogens is 4. The molecule has 5 nitrogen and oxygen atoms in total. The minimum absolute atomic E-state index is 0.208. The minimum atomic E-state index is -0.208. The van der Waals surface area contributed by atoms with E-state index in [1.165, 1.54) is 6.33 Å². The van der Waals surface area contributed by atoms with Gasteiger partial charge in [0.15, 0.2) is 16.3 Å². The van der Waals surface area contributed by atoms with E-state index in [9.17, 15) is 4.79 Å². The smallest absolute Gasteiger partial charge is 0.278 e. The maximum Gasteiger partial charge on any atom is 0.278 e. The lowest BCUT2D eigenvalue weighted by Crippen LogP contribution is -2.07. The zero-order valence-corrected chi connectivity index (χ0v) is 12.9. The lowest BCUT2D eigenvalue weighted by Gasteiger charge is -2.05. The van der Waals surface area contributed by atoms with Crippen molar-refractivity contribution in [1.29, 1.82) is 0 Å². The van der Waals surface area contributed by atoms with Gasteiger partial charge in [-0.2, -0.15) is 0 Å². The summed E-state index contributed by atoms with van der Waals surface area (Å²) in [5.41, 5.74) is 1.96. The first-order valence-electron chi connectivity index (χ1n) is 6.50. The van der Waals surface area contributed by atoms with Crippen molar-refractivity contribution < 1.29 is 0 Å². The molecule has 0 saturated heterocycles. The number of nitrogens with one attached hydrogen (secondary N) is 1. The van der Waals surface area contributed by atoms with Crippen LogP contribution in [0.3, 0.4) is 0 Å². The third-order valence-corrected chi connectivity index (χ3v) is 4.40. The number of benzene rings is 1. The molecule has 1 N–H and O–H groups in total. The van der Waals surface area contributed by atoms with Crippen LogP contribution in [0.2, 0.25) is 5.02 Å². The first-order valence-corrected chi connectivity index (χ1v) is 7.86. The van der Waals surface area contributed by atoms with Gasteiger partial charge in [-0.05, 0) is 24.6 Å². The van der Waals surface area contributed by atoms with Crippen LogP contribution < -0.4 is 5.56 Å². The van der Waals surface area contributed by atoms with Crippen molar-refractivity contribution in [3.8, 4) is 0 Å².